The average Bonchev–Trinajstić information content (AvgIpc) is 3.00. The minimum atomic E-state index is -1.69. The van der Waals surface area contributed by atoms with E-state index in [-0.39, 0.29) is 40.7 Å². The Bertz CT molecular complexity index is 1090. The Hall–Kier alpha value is -3.81. The van der Waals surface area contributed by atoms with E-state index in [1.807, 2.05) is 0 Å². The summed E-state index contributed by atoms with van der Waals surface area (Å²) in [6.07, 6.45) is 1.98. The van der Waals surface area contributed by atoms with E-state index in [0.717, 1.165) is 5.56 Å². The highest BCUT2D eigenvalue weighted by Crippen LogP contribution is 2.45. The molecule has 0 spiro atoms. The van der Waals surface area contributed by atoms with Crippen LogP contribution in [0.4, 0.5) is 5.69 Å². The van der Waals surface area contributed by atoms with Crippen molar-refractivity contribution in [2.75, 3.05) is 19.5 Å². The molecule has 0 bridgehead atoms. The molecule has 30 heavy (non-hydrogen) atoms. The van der Waals surface area contributed by atoms with Crippen LogP contribution in [0.1, 0.15) is 32.6 Å². The molecule has 1 amide bonds. The summed E-state index contributed by atoms with van der Waals surface area (Å²) in [5.74, 6) is -2.80. The first-order chi connectivity index (χ1) is 14.2. The highest BCUT2D eigenvalue weighted by Gasteiger charge is 2.33. The Morgan fingerprint density at radius 1 is 1.10 bits per heavy atom. The molecule has 0 aliphatic heterocycles. The van der Waals surface area contributed by atoms with Gasteiger partial charge in [-0.05, 0) is 60.4 Å². The van der Waals surface area contributed by atoms with Gasteiger partial charge >= 0.3 is 11.9 Å². The lowest BCUT2D eigenvalue weighted by Crippen LogP contribution is -2.23. The van der Waals surface area contributed by atoms with Crippen LogP contribution in [-0.4, -0.2) is 42.1 Å². The minimum absolute atomic E-state index is 0.0364. The molecule has 0 fully saturated rings. The van der Waals surface area contributed by atoms with Crippen LogP contribution in [0.25, 0.3) is 6.08 Å². The molecule has 0 atom stereocenters. The summed E-state index contributed by atoms with van der Waals surface area (Å²) in [6, 6.07) is 5.16. The number of ether oxygens (including phenoxy) is 2. The summed E-state index contributed by atoms with van der Waals surface area (Å²) in [7, 11) is 2.74. The molecule has 0 heterocycles. The molecular formula is C22H21NO7. The van der Waals surface area contributed by atoms with Crippen molar-refractivity contribution >= 4 is 29.4 Å². The standard InChI is InChI=1S/C22H21NO7/c1-10-5-12(6-11(2)18(10)24)7-14-8-13-9-15(29-3)20(30-4)17(16(13)19(14)25)23-21(26)22(27)28/h5-7,9,24H,8H2,1-4H3,(H,23,26)(H,27,28)/b14-7-. The van der Waals surface area contributed by atoms with Gasteiger partial charge < -0.3 is 25.0 Å². The van der Waals surface area contributed by atoms with Crippen molar-refractivity contribution in [3.63, 3.8) is 0 Å². The number of phenols is 1. The quantitative estimate of drug-likeness (QED) is 0.522. The van der Waals surface area contributed by atoms with E-state index in [4.69, 9.17) is 14.6 Å². The van der Waals surface area contributed by atoms with Crippen LogP contribution < -0.4 is 14.8 Å². The van der Waals surface area contributed by atoms with Crippen LogP contribution in [-0.2, 0) is 16.0 Å². The third-order valence-corrected chi connectivity index (χ3v) is 4.94. The summed E-state index contributed by atoms with van der Waals surface area (Å²) in [4.78, 5) is 36.0. The fourth-order valence-corrected chi connectivity index (χ4v) is 3.57. The second kappa shape index (κ2) is 7.90. The van der Waals surface area contributed by atoms with Gasteiger partial charge in [0.2, 0.25) is 0 Å². The number of Topliss-reactive ketones (excluding diaryl/α,β-unsaturated/α-hetero) is 1. The van der Waals surface area contributed by atoms with Crippen LogP contribution in [0.5, 0.6) is 17.2 Å². The summed E-state index contributed by atoms with van der Waals surface area (Å²) in [5.41, 5.74) is 3.28. The number of anilines is 1. The van der Waals surface area contributed by atoms with Crippen LogP contribution in [0.15, 0.2) is 23.8 Å². The topological polar surface area (TPSA) is 122 Å². The fourth-order valence-electron chi connectivity index (χ4n) is 3.57. The molecule has 0 unspecified atom stereocenters. The zero-order valence-corrected chi connectivity index (χ0v) is 17.0. The molecular weight excluding hydrogens is 390 g/mol. The molecule has 156 valence electrons. The van der Waals surface area contributed by atoms with Gasteiger partial charge in [-0.25, -0.2) is 4.79 Å². The lowest BCUT2D eigenvalue weighted by atomic mass is 10.0. The van der Waals surface area contributed by atoms with Gasteiger partial charge in [0.05, 0.1) is 25.5 Å². The third-order valence-electron chi connectivity index (χ3n) is 4.94. The number of methoxy groups -OCH3 is 2. The van der Waals surface area contributed by atoms with Gasteiger partial charge in [-0.15, -0.1) is 0 Å². The molecule has 2 aromatic carbocycles. The highest BCUT2D eigenvalue weighted by molar-refractivity contribution is 6.37. The number of aryl methyl sites for hydroxylation is 2. The van der Waals surface area contributed by atoms with Crippen LogP contribution >= 0.6 is 0 Å². The molecule has 0 saturated heterocycles. The van der Waals surface area contributed by atoms with E-state index < -0.39 is 11.9 Å². The second-order valence-electron chi connectivity index (χ2n) is 6.96. The molecule has 3 N–H and O–H groups in total. The maximum Gasteiger partial charge on any atom is 0.394 e. The van der Waals surface area contributed by atoms with Gasteiger partial charge in [-0.3, -0.25) is 9.59 Å². The molecule has 0 aromatic heterocycles. The van der Waals surface area contributed by atoms with Gasteiger partial charge in [0, 0.05) is 12.0 Å². The van der Waals surface area contributed by atoms with Crippen molar-refractivity contribution in [1.82, 2.24) is 0 Å². The summed E-state index contributed by atoms with van der Waals surface area (Å²) < 4.78 is 10.6. The lowest BCUT2D eigenvalue weighted by molar-refractivity contribution is -0.147. The molecule has 2 aromatic rings. The predicted octanol–water partition coefficient (Wildman–Crippen LogP) is 2.87. The SMILES string of the molecule is COc1cc2c(c(NC(=O)C(=O)O)c1OC)C(=O)/C(=C\c1cc(C)c(O)c(C)c1)C2. The maximum atomic E-state index is 13.2. The number of carboxylic acids is 1. The van der Waals surface area contributed by atoms with E-state index in [0.29, 0.717) is 22.3 Å². The number of fused-ring (bicyclic) bond motifs is 1. The zero-order chi connectivity index (χ0) is 22.2. The Morgan fingerprint density at radius 2 is 1.73 bits per heavy atom. The summed E-state index contributed by atoms with van der Waals surface area (Å²) >= 11 is 0. The molecule has 8 heteroatoms. The Labute approximate surface area is 172 Å². The van der Waals surface area contributed by atoms with Crippen LogP contribution in [0.3, 0.4) is 0 Å². The van der Waals surface area contributed by atoms with Crippen molar-refractivity contribution in [2.45, 2.75) is 20.3 Å². The summed E-state index contributed by atoms with van der Waals surface area (Å²) in [6.45, 7) is 3.54. The van der Waals surface area contributed by atoms with E-state index >= 15 is 0 Å². The maximum absolute atomic E-state index is 13.2. The summed E-state index contributed by atoms with van der Waals surface area (Å²) in [5, 5.41) is 21.2. The van der Waals surface area contributed by atoms with Crippen molar-refractivity contribution in [1.29, 1.82) is 0 Å². The fraction of sp³-hybridized carbons (Fsp3) is 0.227. The number of hydrogen-bond acceptors (Lipinski definition) is 6. The minimum Gasteiger partial charge on any atom is -0.507 e. The van der Waals surface area contributed by atoms with Crippen LogP contribution in [0, 0.1) is 13.8 Å². The van der Waals surface area contributed by atoms with E-state index in [1.54, 1.807) is 38.1 Å². The zero-order valence-electron chi connectivity index (χ0n) is 17.0. The number of carboxylic acid groups (broad SMARTS) is 1. The van der Waals surface area contributed by atoms with E-state index in [2.05, 4.69) is 5.32 Å². The van der Waals surface area contributed by atoms with Gasteiger partial charge in [-0.1, -0.05) is 0 Å². The number of phenolic OH excluding ortho intramolecular Hbond substituents is 1. The van der Waals surface area contributed by atoms with Crippen molar-refractivity contribution in [3.8, 4) is 17.2 Å². The number of amides is 1. The number of carbonyl (C=O) groups excluding carboxylic acids is 2. The van der Waals surface area contributed by atoms with E-state index in [9.17, 15) is 19.5 Å². The molecule has 0 saturated carbocycles. The van der Waals surface area contributed by atoms with Gasteiger partial charge in [0.15, 0.2) is 17.3 Å². The number of allylic oxidation sites excluding steroid dienone is 1. The average molecular weight is 411 g/mol. The second-order valence-corrected chi connectivity index (χ2v) is 6.96. The van der Waals surface area contributed by atoms with E-state index in [1.165, 1.54) is 14.2 Å². The first-order valence-corrected chi connectivity index (χ1v) is 9.05. The molecule has 8 nitrogen and oxygen atoms in total. The molecule has 1 aliphatic carbocycles. The normalized spacial score (nSPS) is 13.9. The van der Waals surface area contributed by atoms with Crippen LogP contribution in [0.2, 0.25) is 0 Å². The van der Waals surface area contributed by atoms with Gasteiger partial charge in [0.25, 0.3) is 0 Å². The molecule has 0 radical (unpaired) electrons. The number of benzene rings is 2. The number of rotatable bonds is 4. The van der Waals surface area contributed by atoms with Gasteiger partial charge in [-0.2, -0.15) is 0 Å². The first-order valence-electron chi connectivity index (χ1n) is 9.05. The monoisotopic (exact) mass is 411 g/mol. The number of nitrogens with one attached hydrogen (secondary N) is 1. The molecule has 3 rings (SSSR count). The number of aromatic hydroxyl groups is 1. The largest absolute Gasteiger partial charge is 0.507 e. The van der Waals surface area contributed by atoms with Gasteiger partial charge in [0.1, 0.15) is 5.75 Å². The lowest BCUT2D eigenvalue weighted by Gasteiger charge is -2.16. The number of carbonyl (C=O) groups is 3. The number of aliphatic carboxylic acids is 1. The van der Waals surface area contributed by atoms with Crippen molar-refractivity contribution in [2.24, 2.45) is 0 Å². The third kappa shape index (κ3) is 3.59. The Kier molecular flexibility index (Phi) is 5.51. The smallest absolute Gasteiger partial charge is 0.394 e. The first kappa shape index (κ1) is 20.9. The highest BCUT2D eigenvalue weighted by atomic mass is 16.5. The number of hydrogen-bond donors (Lipinski definition) is 3. The number of ketones is 1. The Morgan fingerprint density at radius 3 is 2.27 bits per heavy atom. The van der Waals surface area contributed by atoms with Crippen molar-refractivity contribution in [3.05, 3.63) is 51.6 Å². The Balaban J connectivity index is 2.13. The van der Waals surface area contributed by atoms with Crippen molar-refractivity contribution < 1.29 is 34.1 Å². The molecule has 1 aliphatic rings. The predicted molar refractivity (Wildman–Crippen MR) is 109 cm³/mol.